The van der Waals surface area contributed by atoms with Crippen LogP contribution < -0.4 is 0 Å². The van der Waals surface area contributed by atoms with Gasteiger partial charge in [-0.15, -0.1) is 0 Å². The summed E-state index contributed by atoms with van der Waals surface area (Å²) in [5.74, 6) is 0. The van der Waals surface area contributed by atoms with Gasteiger partial charge in [0.15, 0.2) is 0 Å². The topological polar surface area (TPSA) is 0 Å². The first-order chi connectivity index (χ1) is 22.1. The van der Waals surface area contributed by atoms with Gasteiger partial charge in [-0.05, 0) is 72.8 Å². The van der Waals surface area contributed by atoms with Crippen LogP contribution in [0.2, 0.25) is 0 Å². The average molecular weight is 538 g/mol. The van der Waals surface area contributed by atoms with Crippen LogP contribution in [0.5, 0.6) is 0 Å². The van der Waals surface area contributed by atoms with Crippen LogP contribution in [-0.4, -0.2) is 0 Å². The summed E-state index contributed by atoms with van der Waals surface area (Å²) in [6, 6.07) is 55.8. The van der Waals surface area contributed by atoms with E-state index in [1.165, 1.54) is 0 Å². The summed E-state index contributed by atoms with van der Waals surface area (Å²) in [5, 5.41) is 0. The summed E-state index contributed by atoms with van der Waals surface area (Å²) in [7, 11) is 0. The summed E-state index contributed by atoms with van der Waals surface area (Å²) in [6.07, 6.45) is 0. The molecule has 0 aromatic heterocycles. The summed E-state index contributed by atoms with van der Waals surface area (Å²) < 4.78 is 26.7. The normalized spacial score (nSPS) is 11.9. The third-order valence-electron chi connectivity index (χ3n) is 7.66. The van der Waals surface area contributed by atoms with Gasteiger partial charge in [-0.1, -0.05) is 176 Å². The Morgan fingerprint density at radius 3 is 1.12 bits per heavy atom. The van der Waals surface area contributed by atoms with E-state index in [1.54, 1.807) is 12.1 Å². The van der Waals surface area contributed by atoms with Crippen LogP contribution in [0.4, 0.5) is 0 Å². The maximum atomic E-state index is 9.99. The molecule has 0 N–H and O–H groups in total. The number of hydrogen-bond acceptors (Lipinski definition) is 0. The minimum Gasteiger partial charge on any atom is -0.0622 e. The van der Waals surface area contributed by atoms with Gasteiger partial charge in [-0.2, -0.15) is 0 Å². The van der Waals surface area contributed by atoms with Gasteiger partial charge >= 0.3 is 0 Å². The zero-order valence-corrected chi connectivity index (χ0v) is 23.1. The quantitative estimate of drug-likeness (QED) is 0.198. The van der Waals surface area contributed by atoms with Crippen molar-refractivity contribution in [2.75, 3.05) is 0 Å². The zero-order chi connectivity index (χ0) is 30.8. The molecule has 0 unspecified atom stereocenters. The lowest BCUT2D eigenvalue weighted by Crippen LogP contribution is -1.99. The van der Waals surface area contributed by atoms with Crippen LogP contribution in [0.3, 0.4) is 0 Å². The predicted octanol–water partition coefficient (Wildman–Crippen LogP) is 11.7. The van der Waals surface area contributed by atoms with Crippen LogP contribution >= 0.6 is 0 Å². The van der Waals surface area contributed by atoms with Crippen molar-refractivity contribution in [3.63, 3.8) is 0 Å². The Hall–Kier alpha value is -5.46. The molecule has 198 valence electrons. The smallest absolute Gasteiger partial charge is 0.0622 e. The van der Waals surface area contributed by atoms with E-state index >= 15 is 0 Å². The highest BCUT2D eigenvalue weighted by molar-refractivity contribution is 6.09. The van der Waals surface area contributed by atoms with Crippen LogP contribution in [0.1, 0.15) is 4.11 Å². The highest BCUT2D eigenvalue weighted by Gasteiger charge is 2.25. The van der Waals surface area contributed by atoms with E-state index < -0.39 is 0 Å². The molecule has 0 heteroatoms. The van der Waals surface area contributed by atoms with Crippen molar-refractivity contribution in [1.29, 1.82) is 0 Å². The molecule has 0 spiro atoms. The molecule has 7 rings (SSSR count). The Kier molecular flexibility index (Phi) is 6.13. The number of hydrogen-bond donors (Lipinski definition) is 0. The van der Waals surface area contributed by atoms with Gasteiger partial charge in [-0.3, -0.25) is 0 Å². The predicted molar refractivity (Wildman–Crippen MR) is 179 cm³/mol. The Labute approximate surface area is 252 Å². The molecule has 0 fully saturated rings. The molecule has 0 nitrogen and oxygen atoms in total. The molecule has 0 heterocycles. The van der Waals surface area contributed by atoms with Crippen molar-refractivity contribution in [1.82, 2.24) is 0 Å². The highest BCUT2D eigenvalue weighted by Crippen LogP contribution is 2.51. The van der Waals surface area contributed by atoms with E-state index in [2.05, 4.69) is 48.5 Å². The molecule has 42 heavy (non-hydrogen) atoms. The van der Waals surface area contributed by atoms with Gasteiger partial charge in [0, 0.05) is 0 Å². The first-order valence-corrected chi connectivity index (χ1v) is 14.2. The highest BCUT2D eigenvalue weighted by atomic mass is 14.3. The van der Waals surface area contributed by atoms with Crippen molar-refractivity contribution in [3.05, 3.63) is 182 Å². The van der Waals surface area contributed by atoms with Gasteiger partial charge in [-0.25, -0.2) is 0 Å². The molecule has 0 saturated carbocycles. The van der Waals surface area contributed by atoms with Crippen molar-refractivity contribution < 1.29 is 4.11 Å². The molecule has 0 radical (unpaired) electrons. The van der Waals surface area contributed by atoms with Crippen LogP contribution in [0.25, 0.3) is 66.8 Å². The Morgan fingerprint density at radius 2 is 0.643 bits per heavy atom. The molecule has 7 aromatic carbocycles. The van der Waals surface area contributed by atoms with E-state index in [1.807, 2.05) is 103 Å². The van der Waals surface area contributed by atoms with Crippen LogP contribution in [0, 0.1) is 0 Å². The van der Waals surface area contributed by atoms with Gasteiger partial charge in [0.2, 0.25) is 0 Å². The van der Waals surface area contributed by atoms with E-state index in [0.717, 1.165) is 66.8 Å². The van der Waals surface area contributed by atoms with E-state index in [0.29, 0.717) is 18.1 Å². The third-order valence-corrected chi connectivity index (χ3v) is 7.66. The van der Waals surface area contributed by atoms with E-state index in [9.17, 15) is 1.37 Å². The zero-order valence-electron chi connectivity index (χ0n) is 26.1. The Bertz CT molecular complexity index is 1980. The average Bonchev–Trinajstić information content (AvgIpc) is 3.09. The fourth-order valence-corrected chi connectivity index (χ4v) is 5.78. The molecule has 0 bridgehead atoms. The Balaban J connectivity index is 1.75. The molecular formula is C42H30. The molecule has 0 aliphatic heterocycles. The third kappa shape index (κ3) is 4.85. The SMILES string of the molecule is [2H]c1ccc(-c2cc([2H])ccc2-c2c(-c3ccccc3)c(-c3ccccc3)c([2H])c(-c3ccccc3)c2-c2ccccc2)cc1. The minimum atomic E-state index is 0.412. The van der Waals surface area contributed by atoms with Crippen molar-refractivity contribution in [3.8, 4) is 66.8 Å². The molecule has 7 aromatic rings. The number of rotatable bonds is 6. The van der Waals surface area contributed by atoms with E-state index in [4.69, 9.17) is 2.74 Å². The second-order valence-corrected chi connectivity index (χ2v) is 10.2. The van der Waals surface area contributed by atoms with Crippen molar-refractivity contribution in [2.45, 2.75) is 0 Å². The molecule has 0 aliphatic rings. The largest absolute Gasteiger partial charge is 0.0636 e. The summed E-state index contributed by atoms with van der Waals surface area (Å²) in [4.78, 5) is 0. The second kappa shape index (κ2) is 11.6. The standard InChI is InChI=1S/C42H30/c1-6-18-31(19-7-1)36-28-16-17-29-37(36)42-40(34-24-12-4-13-25-34)38(32-20-8-2-9-21-32)30-39(33-22-10-3-11-23-33)41(42)35-26-14-5-15-27-35/h1-30H/i1D,16D,30D. The van der Waals surface area contributed by atoms with Gasteiger partial charge in [0.25, 0.3) is 0 Å². The molecule has 0 aliphatic carbocycles. The van der Waals surface area contributed by atoms with Gasteiger partial charge in [0.05, 0.1) is 4.11 Å². The maximum absolute atomic E-state index is 9.99. The van der Waals surface area contributed by atoms with E-state index in [-0.39, 0.29) is 0 Å². The fourth-order valence-electron chi connectivity index (χ4n) is 5.78. The summed E-state index contributed by atoms with van der Waals surface area (Å²) >= 11 is 0. The van der Waals surface area contributed by atoms with Crippen molar-refractivity contribution in [2.24, 2.45) is 0 Å². The molecule has 0 saturated heterocycles. The van der Waals surface area contributed by atoms with Crippen LogP contribution in [-0.2, 0) is 0 Å². The molecule has 0 atom stereocenters. The molecular weight excluding hydrogens is 504 g/mol. The fraction of sp³-hybridized carbons (Fsp3) is 0. The van der Waals surface area contributed by atoms with Crippen LogP contribution in [0.15, 0.2) is 182 Å². The Morgan fingerprint density at radius 1 is 0.262 bits per heavy atom. The minimum absolute atomic E-state index is 0.412. The van der Waals surface area contributed by atoms with Crippen molar-refractivity contribution >= 4 is 0 Å². The van der Waals surface area contributed by atoms with Gasteiger partial charge < -0.3 is 0 Å². The first-order valence-electron chi connectivity index (χ1n) is 15.7. The maximum Gasteiger partial charge on any atom is 0.0636 e. The lowest BCUT2D eigenvalue weighted by Gasteiger charge is -2.25. The number of benzene rings is 7. The first kappa shape index (κ1) is 22.3. The summed E-state index contributed by atoms with van der Waals surface area (Å²) in [5.41, 5.74) is 11.4. The summed E-state index contributed by atoms with van der Waals surface area (Å²) in [6.45, 7) is 0. The monoisotopic (exact) mass is 537 g/mol. The second-order valence-electron chi connectivity index (χ2n) is 10.2. The lowest BCUT2D eigenvalue weighted by atomic mass is 9.77. The van der Waals surface area contributed by atoms with Gasteiger partial charge in [0.1, 0.15) is 0 Å². The molecule has 0 amide bonds. The lowest BCUT2D eigenvalue weighted by molar-refractivity contribution is 1.52.